The van der Waals surface area contributed by atoms with Crippen LogP contribution in [-0.2, 0) is 4.79 Å². The first kappa shape index (κ1) is 16.9. The summed E-state index contributed by atoms with van der Waals surface area (Å²) in [6.45, 7) is 2.44. The van der Waals surface area contributed by atoms with Crippen LogP contribution in [0, 0.1) is 5.41 Å². The Morgan fingerprint density at radius 2 is 2.16 bits per heavy atom. The van der Waals surface area contributed by atoms with Crippen LogP contribution in [0.5, 0.6) is 11.6 Å². The summed E-state index contributed by atoms with van der Waals surface area (Å²) in [4.78, 5) is 33.8. The van der Waals surface area contributed by atoms with E-state index >= 15 is 0 Å². The van der Waals surface area contributed by atoms with Crippen molar-refractivity contribution in [3.8, 4) is 11.6 Å². The summed E-state index contributed by atoms with van der Waals surface area (Å²) in [6, 6.07) is 6.77. The Morgan fingerprint density at radius 3 is 2.88 bits per heavy atom. The van der Waals surface area contributed by atoms with Crippen molar-refractivity contribution in [2.45, 2.75) is 19.8 Å². The van der Waals surface area contributed by atoms with Gasteiger partial charge in [-0.1, -0.05) is 6.07 Å². The maximum Gasteiger partial charge on any atom is 0.311 e. The molecule has 0 saturated carbocycles. The van der Waals surface area contributed by atoms with Crippen LogP contribution in [0.3, 0.4) is 0 Å². The normalized spacial score (nSPS) is 20.1. The Bertz CT molecular complexity index is 781. The quantitative estimate of drug-likeness (QED) is 0.919. The lowest BCUT2D eigenvalue weighted by atomic mass is 9.82. The van der Waals surface area contributed by atoms with Crippen molar-refractivity contribution in [2.24, 2.45) is 5.41 Å². The second-order valence-electron chi connectivity index (χ2n) is 6.37. The van der Waals surface area contributed by atoms with Crippen LogP contribution in [0.15, 0.2) is 42.9 Å². The molecule has 3 rings (SSSR count). The van der Waals surface area contributed by atoms with Crippen LogP contribution in [0.1, 0.15) is 30.1 Å². The number of amides is 1. The molecule has 1 saturated heterocycles. The SMILES string of the molecule is CC1(C(=O)O)CCCN(C(=O)c2cccc(Oc3cnccn3)c2)C1. The van der Waals surface area contributed by atoms with Gasteiger partial charge in [0.05, 0.1) is 11.6 Å². The van der Waals surface area contributed by atoms with Crippen molar-refractivity contribution in [3.63, 3.8) is 0 Å². The highest BCUT2D eigenvalue weighted by atomic mass is 16.5. The average Bonchev–Trinajstić information content (AvgIpc) is 2.62. The lowest BCUT2D eigenvalue weighted by Gasteiger charge is -2.37. The molecule has 2 aromatic rings. The van der Waals surface area contributed by atoms with E-state index in [-0.39, 0.29) is 12.5 Å². The molecule has 1 aliphatic heterocycles. The first-order chi connectivity index (χ1) is 12.0. The second-order valence-corrected chi connectivity index (χ2v) is 6.37. The average molecular weight is 341 g/mol. The third kappa shape index (κ3) is 3.76. The molecule has 1 aliphatic rings. The predicted molar refractivity (Wildman–Crippen MR) is 89.4 cm³/mol. The number of carbonyl (C=O) groups is 2. The van der Waals surface area contributed by atoms with Crippen LogP contribution in [0.2, 0.25) is 0 Å². The van der Waals surface area contributed by atoms with E-state index in [1.54, 1.807) is 42.3 Å². The zero-order valence-corrected chi connectivity index (χ0v) is 13.9. The zero-order chi connectivity index (χ0) is 17.9. The van der Waals surface area contributed by atoms with Gasteiger partial charge < -0.3 is 14.7 Å². The number of aromatic nitrogens is 2. The summed E-state index contributed by atoms with van der Waals surface area (Å²) in [5.74, 6) is -0.255. The topological polar surface area (TPSA) is 92.6 Å². The maximum atomic E-state index is 12.8. The summed E-state index contributed by atoms with van der Waals surface area (Å²) < 4.78 is 5.60. The van der Waals surface area contributed by atoms with E-state index in [2.05, 4.69) is 9.97 Å². The van der Waals surface area contributed by atoms with Gasteiger partial charge in [0, 0.05) is 31.0 Å². The van der Waals surface area contributed by atoms with Gasteiger partial charge in [0.15, 0.2) is 0 Å². The van der Waals surface area contributed by atoms with E-state index in [4.69, 9.17) is 4.74 Å². The highest BCUT2D eigenvalue weighted by Gasteiger charge is 2.39. The van der Waals surface area contributed by atoms with Crippen molar-refractivity contribution >= 4 is 11.9 Å². The van der Waals surface area contributed by atoms with Crippen LogP contribution >= 0.6 is 0 Å². The van der Waals surface area contributed by atoms with E-state index in [0.717, 1.165) is 0 Å². The Hall–Kier alpha value is -2.96. The van der Waals surface area contributed by atoms with Crippen molar-refractivity contribution in [1.82, 2.24) is 14.9 Å². The molecule has 7 nitrogen and oxygen atoms in total. The predicted octanol–water partition coefficient (Wildman–Crippen LogP) is 2.60. The molecule has 0 spiro atoms. The van der Waals surface area contributed by atoms with Crippen molar-refractivity contribution in [3.05, 3.63) is 48.4 Å². The highest BCUT2D eigenvalue weighted by Crippen LogP contribution is 2.31. The number of carboxylic acid groups (broad SMARTS) is 1. The third-order valence-electron chi connectivity index (χ3n) is 4.34. The number of rotatable bonds is 4. The summed E-state index contributed by atoms with van der Waals surface area (Å²) in [5.41, 5.74) is -0.446. The number of carboxylic acids is 1. The summed E-state index contributed by atoms with van der Waals surface area (Å²) >= 11 is 0. The lowest BCUT2D eigenvalue weighted by molar-refractivity contribution is -0.150. The minimum atomic E-state index is -0.901. The zero-order valence-electron chi connectivity index (χ0n) is 13.9. The summed E-state index contributed by atoms with van der Waals surface area (Å²) in [6.07, 6.45) is 5.79. The second kappa shape index (κ2) is 6.88. The van der Waals surface area contributed by atoms with Gasteiger partial charge in [0.25, 0.3) is 5.91 Å². The van der Waals surface area contributed by atoms with E-state index < -0.39 is 11.4 Å². The van der Waals surface area contributed by atoms with Gasteiger partial charge in [0.2, 0.25) is 5.88 Å². The summed E-state index contributed by atoms with van der Waals surface area (Å²) in [5, 5.41) is 9.41. The highest BCUT2D eigenvalue weighted by molar-refractivity contribution is 5.95. The molecule has 1 unspecified atom stereocenters. The van der Waals surface area contributed by atoms with Gasteiger partial charge in [-0.2, -0.15) is 0 Å². The molecule has 1 N–H and O–H groups in total. The fraction of sp³-hybridized carbons (Fsp3) is 0.333. The Morgan fingerprint density at radius 1 is 1.32 bits per heavy atom. The van der Waals surface area contributed by atoms with Gasteiger partial charge in [-0.05, 0) is 38.0 Å². The molecule has 25 heavy (non-hydrogen) atoms. The minimum Gasteiger partial charge on any atom is -0.481 e. The number of aliphatic carboxylic acids is 1. The Kier molecular flexibility index (Phi) is 4.65. The first-order valence-electron chi connectivity index (χ1n) is 8.04. The van der Waals surface area contributed by atoms with Gasteiger partial charge in [-0.3, -0.25) is 14.6 Å². The largest absolute Gasteiger partial charge is 0.481 e. The number of piperidine rings is 1. The molecule has 7 heteroatoms. The Balaban J connectivity index is 1.76. The lowest BCUT2D eigenvalue weighted by Crippen LogP contribution is -2.48. The molecule has 0 aliphatic carbocycles. The van der Waals surface area contributed by atoms with Gasteiger partial charge >= 0.3 is 5.97 Å². The molecule has 1 atom stereocenters. The van der Waals surface area contributed by atoms with E-state index in [9.17, 15) is 14.7 Å². The molecular formula is C18H19N3O4. The molecule has 1 aromatic heterocycles. The molecule has 1 aromatic carbocycles. The number of hydrogen-bond donors (Lipinski definition) is 1. The van der Waals surface area contributed by atoms with Crippen LogP contribution < -0.4 is 4.74 Å². The monoisotopic (exact) mass is 341 g/mol. The minimum absolute atomic E-state index is 0.197. The van der Waals surface area contributed by atoms with Crippen molar-refractivity contribution in [2.75, 3.05) is 13.1 Å². The van der Waals surface area contributed by atoms with Crippen molar-refractivity contribution in [1.29, 1.82) is 0 Å². The van der Waals surface area contributed by atoms with Crippen LogP contribution in [-0.4, -0.2) is 44.9 Å². The fourth-order valence-electron chi connectivity index (χ4n) is 2.92. The summed E-state index contributed by atoms with van der Waals surface area (Å²) in [7, 11) is 0. The van der Waals surface area contributed by atoms with Gasteiger partial charge in [0.1, 0.15) is 5.75 Å². The van der Waals surface area contributed by atoms with Gasteiger partial charge in [-0.25, -0.2) is 4.98 Å². The van der Waals surface area contributed by atoms with E-state index in [1.165, 1.54) is 12.4 Å². The molecule has 130 valence electrons. The number of carbonyl (C=O) groups excluding carboxylic acids is 1. The van der Waals surface area contributed by atoms with E-state index in [1.807, 2.05) is 0 Å². The molecule has 0 bridgehead atoms. The van der Waals surface area contributed by atoms with Crippen LogP contribution in [0.25, 0.3) is 0 Å². The number of benzene rings is 1. The molecule has 1 amide bonds. The molecule has 2 heterocycles. The van der Waals surface area contributed by atoms with Crippen LogP contribution in [0.4, 0.5) is 0 Å². The maximum absolute atomic E-state index is 12.8. The van der Waals surface area contributed by atoms with Gasteiger partial charge in [-0.15, -0.1) is 0 Å². The number of nitrogens with zero attached hydrogens (tertiary/aromatic N) is 3. The first-order valence-corrected chi connectivity index (χ1v) is 8.04. The molecule has 1 fully saturated rings. The van der Waals surface area contributed by atoms with E-state index in [0.29, 0.717) is 36.6 Å². The Labute approximate surface area is 145 Å². The number of likely N-dealkylation sites (tertiary alicyclic amines) is 1. The number of hydrogen-bond acceptors (Lipinski definition) is 5. The molecule has 0 radical (unpaired) electrons. The fourth-order valence-corrected chi connectivity index (χ4v) is 2.92. The van der Waals surface area contributed by atoms with Crippen molar-refractivity contribution < 1.29 is 19.4 Å². The number of ether oxygens (including phenoxy) is 1. The standard InChI is InChI=1S/C18H19N3O4/c1-18(17(23)24)6-3-9-21(12-18)16(22)13-4-2-5-14(10-13)25-15-11-19-7-8-20-15/h2,4-5,7-8,10-11H,3,6,9,12H2,1H3,(H,23,24). The smallest absolute Gasteiger partial charge is 0.311 e. The third-order valence-corrected chi connectivity index (χ3v) is 4.34. The molecular weight excluding hydrogens is 322 g/mol.